The number of nitrogens with one attached hydrogen (secondary N) is 1. The number of pyridine rings is 1. The van der Waals surface area contributed by atoms with Crippen LogP contribution in [0.4, 0.5) is 0 Å². The normalized spacial score (nSPS) is 17.0. The fourth-order valence-corrected chi connectivity index (χ4v) is 3.39. The van der Waals surface area contributed by atoms with Crippen molar-refractivity contribution < 1.29 is 4.79 Å². The molecule has 0 aliphatic heterocycles. The van der Waals surface area contributed by atoms with Crippen LogP contribution < -0.4 is 5.32 Å². The Morgan fingerprint density at radius 2 is 2.13 bits per heavy atom. The van der Waals surface area contributed by atoms with Crippen molar-refractivity contribution in [3.05, 3.63) is 59.7 Å². The summed E-state index contributed by atoms with van der Waals surface area (Å²) in [6.45, 7) is 0. The van der Waals surface area contributed by atoms with Crippen LogP contribution in [0.1, 0.15) is 40.5 Å². The van der Waals surface area contributed by atoms with Gasteiger partial charge in [0, 0.05) is 36.1 Å². The Morgan fingerprint density at radius 1 is 1.26 bits per heavy atom. The highest BCUT2D eigenvalue weighted by molar-refractivity contribution is 6.06. The molecule has 0 saturated heterocycles. The van der Waals surface area contributed by atoms with Crippen LogP contribution in [0.25, 0.3) is 10.8 Å². The molecule has 1 aliphatic rings. The molecule has 3 aromatic rings. The van der Waals surface area contributed by atoms with Crippen LogP contribution in [0.2, 0.25) is 0 Å². The summed E-state index contributed by atoms with van der Waals surface area (Å²) in [4.78, 5) is 17.0. The lowest BCUT2D eigenvalue weighted by Gasteiger charge is -2.24. The molecule has 1 unspecified atom stereocenters. The average Bonchev–Trinajstić information content (AvgIpc) is 2.97. The molecular weight excluding hydrogens is 288 g/mol. The lowest BCUT2D eigenvalue weighted by atomic mass is 9.92. The van der Waals surface area contributed by atoms with Crippen molar-refractivity contribution in [2.45, 2.75) is 25.3 Å². The summed E-state index contributed by atoms with van der Waals surface area (Å²) >= 11 is 0. The highest BCUT2D eigenvalue weighted by atomic mass is 16.1. The number of amides is 1. The second-order valence-corrected chi connectivity index (χ2v) is 6.00. The number of aromatic nitrogens is 3. The fourth-order valence-electron chi connectivity index (χ4n) is 3.39. The fraction of sp³-hybridized carbons (Fsp3) is 0.278. The van der Waals surface area contributed by atoms with Crippen LogP contribution >= 0.6 is 0 Å². The van der Waals surface area contributed by atoms with Crippen LogP contribution in [0.3, 0.4) is 0 Å². The van der Waals surface area contributed by atoms with Crippen LogP contribution in [0, 0.1) is 0 Å². The van der Waals surface area contributed by atoms with Crippen molar-refractivity contribution in [1.82, 2.24) is 20.1 Å². The van der Waals surface area contributed by atoms with E-state index in [0.29, 0.717) is 5.56 Å². The van der Waals surface area contributed by atoms with Crippen molar-refractivity contribution in [3.8, 4) is 0 Å². The maximum atomic E-state index is 12.8. The molecule has 1 aliphatic carbocycles. The summed E-state index contributed by atoms with van der Waals surface area (Å²) in [6.07, 6.45) is 8.33. The van der Waals surface area contributed by atoms with E-state index in [9.17, 15) is 4.79 Å². The third kappa shape index (κ3) is 2.38. The molecule has 1 amide bonds. The van der Waals surface area contributed by atoms with E-state index in [0.717, 1.165) is 35.6 Å². The van der Waals surface area contributed by atoms with Gasteiger partial charge >= 0.3 is 0 Å². The molecule has 0 spiro atoms. The van der Waals surface area contributed by atoms with Gasteiger partial charge in [0.25, 0.3) is 5.91 Å². The third-order valence-corrected chi connectivity index (χ3v) is 4.59. The first-order chi connectivity index (χ1) is 11.2. The molecule has 0 fully saturated rings. The first kappa shape index (κ1) is 13.9. The minimum atomic E-state index is -0.0731. The minimum Gasteiger partial charge on any atom is -0.345 e. The van der Waals surface area contributed by atoms with Gasteiger partial charge in [0.15, 0.2) is 0 Å². The number of rotatable bonds is 2. The van der Waals surface area contributed by atoms with E-state index in [1.54, 1.807) is 12.4 Å². The predicted octanol–water partition coefficient (Wildman–Crippen LogP) is 2.78. The number of nitrogens with zero attached hydrogens (tertiary/aromatic N) is 3. The van der Waals surface area contributed by atoms with E-state index in [-0.39, 0.29) is 11.9 Å². The molecular formula is C18H18N4O. The molecule has 23 heavy (non-hydrogen) atoms. The Hall–Kier alpha value is -2.69. The second-order valence-electron chi connectivity index (χ2n) is 6.00. The van der Waals surface area contributed by atoms with E-state index in [4.69, 9.17) is 0 Å². The van der Waals surface area contributed by atoms with Gasteiger partial charge in [-0.05, 0) is 24.6 Å². The number of hydrogen-bond acceptors (Lipinski definition) is 3. The molecule has 1 N–H and O–H groups in total. The largest absolute Gasteiger partial charge is 0.345 e. The molecule has 5 nitrogen and oxygen atoms in total. The molecule has 0 saturated carbocycles. The van der Waals surface area contributed by atoms with Gasteiger partial charge < -0.3 is 5.32 Å². The molecule has 2 heterocycles. The number of benzene rings is 1. The molecule has 4 rings (SSSR count). The molecule has 116 valence electrons. The molecule has 1 atom stereocenters. The summed E-state index contributed by atoms with van der Waals surface area (Å²) in [5.41, 5.74) is 2.98. The Morgan fingerprint density at radius 3 is 3.04 bits per heavy atom. The highest BCUT2D eigenvalue weighted by Crippen LogP contribution is 2.29. The topological polar surface area (TPSA) is 59.8 Å². The summed E-state index contributed by atoms with van der Waals surface area (Å²) in [6, 6.07) is 7.86. The monoisotopic (exact) mass is 306 g/mol. The third-order valence-electron chi connectivity index (χ3n) is 4.59. The van der Waals surface area contributed by atoms with Gasteiger partial charge in [0.05, 0.1) is 17.8 Å². The van der Waals surface area contributed by atoms with Gasteiger partial charge in [-0.15, -0.1) is 0 Å². The predicted molar refractivity (Wildman–Crippen MR) is 88.1 cm³/mol. The zero-order valence-corrected chi connectivity index (χ0v) is 13.0. The van der Waals surface area contributed by atoms with Crippen molar-refractivity contribution in [1.29, 1.82) is 0 Å². The highest BCUT2D eigenvalue weighted by Gasteiger charge is 2.25. The number of aryl methyl sites for hydroxylation is 1. The zero-order valence-electron chi connectivity index (χ0n) is 13.0. The molecule has 0 radical (unpaired) electrons. The van der Waals surface area contributed by atoms with E-state index in [1.807, 2.05) is 42.2 Å². The van der Waals surface area contributed by atoms with Crippen molar-refractivity contribution in [2.75, 3.05) is 0 Å². The van der Waals surface area contributed by atoms with Crippen LogP contribution in [0.15, 0.2) is 42.9 Å². The Labute approximate surface area is 134 Å². The van der Waals surface area contributed by atoms with Crippen molar-refractivity contribution >= 4 is 16.7 Å². The summed E-state index contributed by atoms with van der Waals surface area (Å²) < 4.78 is 1.91. The number of carbonyl (C=O) groups excluding carboxylic acids is 1. The summed E-state index contributed by atoms with van der Waals surface area (Å²) in [5, 5.41) is 9.41. The van der Waals surface area contributed by atoms with Gasteiger partial charge in [0.1, 0.15) is 0 Å². The molecule has 0 bridgehead atoms. The molecule has 2 aromatic heterocycles. The van der Waals surface area contributed by atoms with Crippen LogP contribution in [-0.2, 0) is 13.5 Å². The summed E-state index contributed by atoms with van der Waals surface area (Å²) in [5.74, 6) is -0.0731. The first-order valence-electron chi connectivity index (χ1n) is 7.88. The maximum Gasteiger partial charge on any atom is 0.253 e. The second kappa shape index (κ2) is 5.50. The molecule has 1 aromatic carbocycles. The first-order valence-corrected chi connectivity index (χ1v) is 7.88. The smallest absolute Gasteiger partial charge is 0.253 e. The maximum absolute atomic E-state index is 12.8. The zero-order chi connectivity index (χ0) is 15.8. The SMILES string of the molecule is Cn1ncc2c1CCCC2NC(=O)c1cncc2ccccc12. The Kier molecular flexibility index (Phi) is 3.33. The van der Waals surface area contributed by atoms with Gasteiger partial charge in [-0.25, -0.2) is 0 Å². The molecule has 5 heteroatoms. The quantitative estimate of drug-likeness (QED) is 0.792. The number of hydrogen-bond donors (Lipinski definition) is 1. The van der Waals surface area contributed by atoms with Gasteiger partial charge in [-0.1, -0.05) is 24.3 Å². The summed E-state index contributed by atoms with van der Waals surface area (Å²) in [7, 11) is 1.96. The lowest BCUT2D eigenvalue weighted by molar-refractivity contribution is 0.0934. The van der Waals surface area contributed by atoms with Crippen molar-refractivity contribution in [3.63, 3.8) is 0 Å². The van der Waals surface area contributed by atoms with Crippen LogP contribution in [0.5, 0.6) is 0 Å². The van der Waals surface area contributed by atoms with E-state index >= 15 is 0 Å². The van der Waals surface area contributed by atoms with Crippen molar-refractivity contribution in [2.24, 2.45) is 7.05 Å². The minimum absolute atomic E-state index is 0.0268. The lowest BCUT2D eigenvalue weighted by Crippen LogP contribution is -2.31. The van der Waals surface area contributed by atoms with Gasteiger partial charge in [-0.3, -0.25) is 14.5 Å². The van der Waals surface area contributed by atoms with Gasteiger partial charge in [0.2, 0.25) is 0 Å². The Balaban J connectivity index is 1.66. The number of fused-ring (bicyclic) bond motifs is 2. The van der Waals surface area contributed by atoms with Gasteiger partial charge in [-0.2, -0.15) is 5.10 Å². The number of carbonyl (C=O) groups is 1. The standard InChI is InChI=1S/C18H18N4O/c1-22-17-8-4-7-16(15(17)11-20-22)21-18(23)14-10-19-9-12-5-2-3-6-13(12)14/h2-3,5-6,9-11,16H,4,7-8H2,1H3,(H,21,23). The van der Waals surface area contributed by atoms with Crippen LogP contribution in [-0.4, -0.2) is 20.7 Å². The van der Waals surface area contributed by atoms with E-state index in [1.165, 1.54) is 5.69 Å². The average molecular weight is 306 g/mol. The van der Waals surface area contributed by atoms with E-state index in [2.05, 4.69) is 15.4 Å². The Bertz CT molecular complexity index is 878. The van der Waals surface area contributed by atoms with E-state index < -0.39 is 0 Å².